The van der Waals surface area contributed by atoms with Crippen LogP contribution in [-0.4, -0.2) is 53.7 Å². The van der Waals surface area contributed by atoms with Gasteiger partial charge in [-0.3, -0.25) is 9.98 Å². The van der Waals surface area contributed by atoms with E-state index in [0.717, 1.165) is 44.0 Å². The Morgan fingerprint density at radius 2 is 2.23 bits per heavy atom. The van der Waals surface area contributed by atoms with Gasteiger partial charge in [-0.15, -0.1) is 24.0 Å². The Bertz CT molecular complexity index is 575. The van der Waals surface area contributed by atoms with Crippen molar-refractivity contribution in [1.29, 1.82) is 0 Å². The Hall–Kier alpha value is -1.58. The minimum absolute atomic E-state index is 0. The van der Waals surface area contributed by atoms with Crippen molar-refractivity contribution in [2.24, 2.45) is 4.99 Å². The minimum Gasteiger partial charge on any atom is -0.444 e. The molecular weight excluding hydrogens is 445 g/mol. The van der Waals surface area contributed by atoms with Crippen LogP contribution in [0, 0.1) is 0 Å². The van der Waals surface area contributed by atoms with Crippen LogP contribution >= 0.6 is 24.0 Å². The van der Waals surface area contributed by atoms with Crippen molar-refractivity contribution < 1.29 is 9.53 Å². The molecule has 1 aliphatic rings. The van der Waals surface area contributed by atoms with E-state index in [1.54, 1.807) is 17.3 Å². The van der Waals surface area contributed by atoms with Gasteiger partial charge in [-0.2, -0.15) is 0 Å². The molecule has 146 valence electrons. The average molecular weight is 475 g/mol. The fourth-order valence-electron chi connectivity index (χ4n) is 2.40. The molecule has 0 saturated carbocycles. The molecule has 0 saturated heterocycles. The van der Waals surface area contributed by atoms with Crippen LogP contribution in [0.4, 0.5) is 4.79 Å². The average Bonchev–Trinajstić information content (AvgIpc) is 2.58. The number of ether oxygens (including phenoxy) is 1. The van der Waals surface area contributed by atoms with E-state index in [-0.39, 0.29) is 30.1 Å². The summed E-state index contributed by atoms with van der Waals surface area (Å²) in [5.74, 6) is 0.849. The van der Waals surface area contributed by atoms with Crippen LogP contribution in [0.15, 0.2) is 29.5 Å². The number of hydrogen-bond acceptors (Lipinski definition) is 6. The van der Waals surface area contributed by atoms with E-state index in [2.05, 4.69) is 20.6 Å². The van der Waals surface area contributed by atoms with Crippen LogP contribution in [-0.2, 0) is 11.3 Å². The molecule has 2 heterocycles. The molecule has 0 spiro atoms. The van der Waals surface area contributed by atoms with Crippen molar-refractivity contribution in [2.45, 2.75) is 45.8 Å². The molecule has 0 aliphatic carbocycles. The number of pyridine rings is 1. The number of rotatable bonds is 6. The summed E-state index contributed by atoms with van der Waals surface area (Å²) in [6.45, 7) is 9.28. The second kappa shape index (κ2) is 11.2. The summed E-state index contributed by atoms with van der Waals surface area (Å²) in [6, 6.07) is 3.83. The second-order valence-corrected chi connectivity index (χ2v) is 7.05. The number of carbonyl (C=O) groups is 1. The van der Waals surface area contributed by atoms with E-state index in [1.807, 2.05) is 32.9 Å². The maximum Gasteiger partial charge on any atom is 0.410 e. The van der Waals surface area contributed by atoms with E-state index < -0.39 is 5.60 Å². The van der Waals surface area contributed by atoms with Gasteiger partial charge in [0.2, 0.25) is 0 Å². The van der Waals surface area contributed by atoms with Crippen molar-refractivity contribution in [3.8, 4) is 0 Å². The molecule has 0 bridgehead atoms. The van der Waals surface area contributed by atoms with Gasteiger partial charge in [-0.25, -0.2) is 4.79 Å². The van der Waals surface area contributed by atoms with Crippen molar-refractivity contribution in [3.63, 3.8) is 0 Å². The molecule has 8 heteroatoms. The molecule has 0 fully saturated rings. The first-order valence-electron chi connectivity index (χ1n) is 8.83. The molecular formula is C18H30IN5O2. The summed E-state index contributed by atoms with van der Waals surface area (Å²) < 4.78 is 5.53. The molecule has 7 nitrogen and oxygen atoms in total. The molecule has 26 heavy (non-hydrogen) atoms. The third-order valence-electron chi connectivity index (χ3n) is 3.54. The summed E-state index contributed by atoms with van der Waals surface area (Å²) in [5.41, 5.74) is 0.475. The lowest BCUT2D eigenvalue weighted by Gasteiger charge is -2.27. The number of nitrogens with zero attached hydrogens (tertiary/aromatic N) is 3. The number of carbonyl (C=O) groups excluding carboxylic acids is 1. The van der Waals surface area contributed by atoms with Crippen LogP contribution in [0.1, 0.15) is 39.2 Å². The second-order valence-electron chi connectivity index (χ2n) is 7.05. The fraction of sp³-hybridized carbons (Fsp3) is 0.611. The molecule has 1 aliphatic heterocycles. The fourth-order valence-corrected chi connectivity index (χ4v) is 2.40. The Balaban J connectivity index is 0.00000338. The maximum atomic E-state index is 12.5. The minimum atomic E-state index is -0.511. The van der Waals surface area contributed by atoms with Gasteiger partial charge < -0.3 is 20.3 Å². The van der Waals surface area contributed by atoms with Crippen LogP contribution in [0.25, 0.3) is 0 Å². The lowest BCUT2D eigenvalue weighted by molar-refractivity contribution is 0.0232. The molecule has 2 N–H and O–H groups in total. The van der Waals surface area contributed by atoms with E-state index in [9.17, 15) is 4.79 Å². The normalized spacial score (nSPS) is 13.7. The first kappa shape index (κ1) is 22.5. The molecule has 1 aromatic heterocycles. The smallest absolute Gasteiger partial charge is 0.410 e. The number of halogens is 1. The lowest BCUT2D eigenvalue weighted by atomic mass is 10.2. The van der Waals surface area contributed by atoms with Gasteiger partial charge >= 0.3 is 6.09 Å². The molecule has 2 rings (SSSR count). The Labute approximate surface area is 173 Å². The Morgan fingerprint density at radius 1 is 1.42 bits per heavy atom. The summed E-state index contributed by atoms with van der Waals surface area (Å²) in [6.07, 6.45) is 5.08. The number of amides is 1. The van der Waals surface area contributed by atoms with Gasteiger partial charge in [0.05, 0.1) is 6.54 Å². The van der Waals surface area contributed by atoms with E-state index >= 15 is 0 Å². The summed E-state index contributed by atoms with van der Waals surface area (Å²) >= 11 is 0. The SMILES string of the molecule is CC(C)(C)OC(=O)N(CCCNC1=NCCCN1)Cc1cccnc1.I. The van der Waals surface area contributed by atoms with Crippen molar-refractivity contribution >= 4 is 36.0 Å². The van der Waals surface area contributed by atoms with Gasteiger partial charge in [0.15, 0.2) is 5.96 Å². The van der Waals surface area contributed by atoms with Crippen molar-refractivity contribution in [3.05, 3.63) is 30.1 Å². The maximum absolute atomic E-state index is 12.5. The zero-order valence-electron chi connectivity index (χ0n) is 15.8. The number of aromatic nitrogens is 1. The number of nitrogens with one attached hydrogen (secondary N) is 2. The first-order chi connectivity index (χ1) is 11.9. The lowest BCUT2D eigenvalue weighted by Crippen LogP contribution is -2.42. The monoisotopic (exact) mass is 475 g/mol. The van der Waals surface area contributed by atoms with Gasteiger partial charge in [-0.1, -0.05) is 6.07 Å². The van der Waals surface area contributed by atoms with Gasteiger partial charge in [0, 0.05) is 38.6 Å². The standard InChI is InChI=1S/C18H29N5O2.HI/c1-18(2,3)25-17(24)23(14-15-7-4-8-19-13-15)12-6-11-22-16-20-9-5-10-21-16;/h4,7-8,13H,5-6,9-12,14H2,1-3H3,(H2,20,21,22);1H. The molecule has 0 atom stereocenters. The van der Waals surface area contributed by atoms with Crippen LogP contribution < -0.4 is 10.6 Å². The number of hydrogen-bond donors (Lipinski definition) is 2. The predicted molar refractivity (Wildman–Crippen MR) is 114 cm³/mol. The van der Waals surface area contributed by atoms with Gasteiger partial charge in [0.1, 0.15) is 5.60 Å². The molecule has 0 unspecified atom stereocenters. The van der Waals surface area contributed by atoms with Gasteiger partial charge in [0.25, 0.3) is 0 Å². The van der Waals surface area contributed by atoms with E-state index in [4.69, 9.17) is 4.74 Å². The Morgan fingerprint density at radius 3 is 2.85 bits per heavy atom. The zero-order valence-corrected chi connectivity index (χ0v) is 18.2. The van der Waals surface area contributed by atoms with Crippen molar-refractivity contribution in [1.82, 2.24) is 20.5 Å². The van der Waals surface area contributed by atoms with Crippen LogP contribution in [0.2, 0.25) is 0 Å². The number of aliphatic imine (C=N–C) groups is 1. The topological polar surface area (TPSA) is 78.8 Å². The molecule has 0 aromatic carbocycles. The number of guanidine groups is 1. The molecule has 1 aromatic rings. The Kier molecular flexibility index (Phi) is 9.68. The summed E-state index contributed by atoms with van der Waals surface area (Å²) in [5, 5.41) is 6.50. The highest BCUT2D eigenvalue weighted by molar-refractivity contribution is 14.0. The van der Waals surface area contributed by atoms with Crippen molar-refractivity contribution in [2.75, 3.05) is 26.2 Å². The zero-order chi connectivity index (χ0) is 18.1. The quantitative estimate of drug-likeness (QED) is 0.489. The first-order valence-corrected chi connectivity index (χ1v) is 8.83. The summed E-state index contributed by atoms with van der Waals surface area (Å²) in [7, 11) is 0. The highest BCUT2D eigenvalue weighted by atomic mass is 127. The summed E-state index contributed by atoms with van der Waals surface area (Å²) in [4.78, 5) is 22.7. The highest BCUT2D eigenvalue weighted by Crippen LogP contribution is 2.12. The van der Waals surface area contributed by atoms with Crippen LogP contribution in [0.3, 0.4) is 0 Å². The van der Waals surface area contributed by atoms with E-state index in [0.29, 0.717) is 13.1 Å². The highest BCUT2D eigenvalue weighted by Gasteiger charge is 2.22. The van der Waals surface area contributed by atoms with E-state index in [1.165, 1.54) is 0 Å². The van der Waals surface area contributed by atoms with Gasteiger partial charge in [-0.05, 0) is 45.2 Å². The molecule has 1 amide bonds. The van der Waals surface area contributed by atoms with Crippen LogP contribution in [0.5, 0.6) is 0 Å². The largest absolute Gasteiger partial charge is 0.444 e. The molecule has 0 radical (unpaired) electrons. The third-order valence-corrected chi connectivity index (χ3v) is 3.54. The predicted octanol–water partition coefficient (Wildman–Crippen LogP) is 2.77. The third kappa shape index (κ3) is 8.68.